The predicted molar refractivity (Wildman–Crippen MR) is 97.7 cm³/mol. The van der Waals surface area contributed by atoms with Gasteiger partial charge in [0.2, 0.25) is 5.91 Å². The molecule has 0 aromatic heterocycles. The number of rotatable bonds is 3. The van der Waals surface area contributed by atoms with Crippen LogP contribution in [0.1, 0.15) is 63.0 Å². The lowest BCUT2D eigenvalue weighted by molar-refractivity contribution is -0.138. The number of nitrogens with zero attached hydrogens (tertiary/aromatic N) is 1. The summed E-state index contributed by atoms with van der Waals surface area (Å²) in [5.41, 5.74) is 1.84. The summed E-state index contributed by atoms with van der Waals surface area (Å²) in [5.74, 6) is 0.838. The van der Waals surface area contributed by atoms with Crippen LogP contribution in [0.25, 0.3) is 6.08 Å². The lowest BCUT2D eigenvalue weighted by Crippen LogP contribution is -2.54. The van der Waals surface area contributed by atoms with Gasteiger partial charge in [-0.3, -0.25) is 4.79 Å². The molecule has 1 aliphatic carbocycles. The number of aliphatic hydroxyl groups is 1. The van der Waals surface area contributed by atoms with Crippen LogP contribution < -0.4 is 0 Å². The van der Waals surface area contributed by atoms with Crippen molar-refractivity contribution in [2.45, 2.75) is 57.5 Å². The molecule has 1 heterocycles. The molecule has 1 saturated carbocycles. The van der Waals surface area contributed by atoms with Crippen LogP contribution in [0.3, 0.4) is 0 Å². The smallest absolute Gasteiger partial charge is 0.246 e. The molecule has 0 spiro atoms. The average Bonchev–Trinajstić information content (AvgIpc) is 2.59. The van der Waals surface area contributed by atoms with E-state index in [0.29, 0.717) is 19.0 Å². The highest BCUT2D eigenvalue weighted by Gasteiger charge is 2.43. The minimum absolute atomic E-state index is 0.0653. The van der Waals surface area contributed by atoms with Crippen molar-refractivity contribution in [3.8, 4) is 0 Å². The van der Waals surface area contributed by atoms with E-state index in [9.17, 15) is 9.90 Å². The standard InChI is InChI=1S/C21H29NO2/c1-16(2)18-9-6-17(7-10-18)8-11-20(23)22-14-13-21(24)12-4-3-5-19(21)15-22/h6-11,16,19,24H,3-5,12-15H2,1-2H3/b11-8+. The Balaban J connectivity index is 1.60. The maximum absolute atomic E-state index is 12.5. The third kappa shape index (κ3) is 3.72. The topological polar surface area (TPSA) is 40.5 Å². The molecular formula is C21H29NO2. The van der Waals surface area contributed by atoms with E-state index in [4.69, 9.17) is 0 Å². The Morgan fingerprint density at radius 2 is 2.00 bits per heavy atom. The SMILES string of the molecule is CC(C)c1ccc(/C=C/C(=O)N2CCC3(O)CCCCC3C2)cc1. The second kappa shape index (κ2) is 7.10. The molecule has 2 aliphatic rings. The molecule has 2 unspecified atom stereocenters. The molecule has 2 fully saturated rings. The van der Waals surface area contributed by atoms with Gasteiger partial charge in [0.25, 0.3) is 0 Å². The number of piperidine rings is 1. The first-order valence-corrected chi connectivity index (χ1v) is 9.27. The number of hydrogen-bond donors (Lipinski definition) is 1. The normalized spacial score (nSPS) is 27.5. The summed E-state index contributed by atoms with van der Waals surface area (Å²) in [6, 6.07) is 8.38. The van der Waals surface area contributed by atoms with Gasteiger partial charge in [0.1, 0.15) is 0 Å². The number of fused-ring (bicyclic) bond motifs is 1. The number of likely N-dealkylation sites (tertiary alicyclic amines) is 1. The minimum Gasteiger partial charge on any atom is -0.389 e. The van der Waals surface area contributed by atoms with Crippen molar-refractivity contribution in [3.05, 3.63) is 41.5 Å². The fourth-order valence-corrected chi connectivity index (χ4v) is 4.04. The highest BCUT2D eigenvalue weighted by atomic mass is 16.3. The van der Waals surface area contributed by atoms with Gasteiger partial charge in [-0.2, -0.15) is 0 Å². The Kier molecular flexibility index (Phi) is 5.09. The van der Waals surface area contributed by atoms with E-state index in [1.165, 1.54) is 12.0 Å². The number of benzene rings is 1. The molecule has 1 aromatic rings. The second-order valence-corrected chi connectivity index (χ2v) is 7.74. The molecule has 0 radical (unpaired) electrons. The summed E-state index contributed by atoms with van der Waals surface area (Å²) in [6.07, 6.45) is 8.53. The van der Waals surface area contributed by atoms with E-state index < -0.39 is 5.60 Å². The Labute approximate surface area is 145 Å². The largest absolute Gasteiger partial charge is 0.389 e. The maximum Gasteiger partial charge on any atom is 0.246 e. The summed E-state index contributed by atoms with van der Waals surface area (Å²) < 4.78 is 0. The van der Waals surface area contributed by atoms with E-state index in [2.05, 4.69) is 38.1 Å². The van der Waals surface area contributed by atoms with Crippen LogP contribution in [0, 0.1) is 5.92 Å². The Morgan fingerprint density at radius 3 is 2.71 bits per heavy atom. The summed E-state index contributed by atoms with van der Waals surface area (Å²) in [5, 5.41) is 10.7. The fraction of sp³-hybridized carbons (Fsp3) is 0.571. The van der Waals surface area contributed by atoms with Gasteiger partial charge >= 0.3 is 0 Å². The van der Waals surface area contributed by atoms with Gasteiger partial charge in [0, 0.05) is 25.1 Å². The maximum atomic E-state index is 12.5. The van der Waals surface area contributed by atoms with Crippen LogP contribution in [0.15, 0.2) is 30.3 Å². The van der Waals surface area contributed by atoms with Crippen LogP contribution in [-0.2, 0) is 4.79 Å². The van der Waals surface area contributed by atoms with E-state index in [-0.39, 0.29) is 11.8 Å². The zero-order valence-electron chi connectivity index (χ0n) is 14.9. The van der Waals surface area contributed by atoms with Crippen molar-refractivity contribution in [2.75, 3.05) is 13.1 Å². The van der Waals surface area contributed by atoms with Gasteiger partial charge in [-0.05, 0) is 42.4 Å². The molecular weight excluding hydrogens is 298 g/mol. The molecule has 3 nitrogen and oxygen atoms in total. The summed E-state index contributed by atoms with van der Waals surface area (Å²) in [4.78, 5) is 14.4. The van der Waals surface area contributed by atoms with Crippen LogP contribution in [0.4, 0.5) is 0 Å². The highest BCUT2D eigenvalue weighted by Crippen LogP contribution is 2.39. The summed E-state index contributed by atoms with van der Waals surface area (Å²) in [6.45, 7) is 5.72. The van der Waals surface area contributed by atoms with Crippen molar-refractivity contribution >= 4 is 12.0 Å². The molecule has 3 rings (SSSR count). The van der Waals surface area contributed by atoms with Gasteiger partial charge in [0.15, 0.2) is 0 Å². The number of amides is 1. The summed E-state index contributed by atoms with van der Waals surface area (Å²) in [7, 11) is 0. The molecule has 24 heavy (non-hydrogen) atoms. The molecule has 1 saturated heterocycles. The Morgan fingerprint density at radius 1 is 1.25 bits per heavy atom. The third-order valence-corrected chi connectivity index (χ3v) is 5.76. The molecule has 2 atom stereocenters. The van der Waals surface area contributed by atoms with Crippen LogP contribution in [0.5, 0.6) is 0 Å². The first kappa shape index (κ1) is 17.2. The molecule has 1 aromatic carbocycles. The Bertz CT molecular complexity index is 605. The highest BCUT2D eigenvalue weighted by molar-refractivity contribution is 5.91. The van der Waals surface area contributed by atoms with Gasteiger partial charge in [-0.1, -0.05) is 51.0 Å². The lowest BCUT2D eigenvalue weighted by atomic mass is 9.71. The molecule has 1 aliphatic heterocycles. The molecule has 0 bridgehead atoms. The van der Waals surface area contributed by atoms with Gasteiger partial charge in [-0.15, -0.1) is 0 Å². The van der Waals surface area contributed by atoms with Crippen molar-refractivity contribution in [2.24, 2.45) is 5.92 Å². The third-order valence-electron chi connectivity index (χ3n) is 5.76. The van der Waals surface area contributed by atoms with Gasteiger partial charge in [-0.25, -0.2) is 0 Å². The van der Waals surface area contributed by atoms with Gasteiger partial charge in [0.05, 0.1) is 5.60 Å². The van der Waals surface area contributed by atoms with Crippen LogP contribution in [-0.4, -0.2) is 34.6 Å². The zero-order valence-corrected chi connectivity index (χ0v) is 14.9. The van der Waals surface area contributed by atoms with E-state index >= 15 is 0 Å². The van der Waals surface area contributed by atoms with Crippen molar-refractivity contribution in [3.63, 3.8) is 0 Å². The lowest BCUT2D eigenvalue weighted by Gasteiger charge is -2.47. The van der Waals surface area contributed by atoms with Gasteiger partial charge < -0.3 is 10.0 Å². The van der Waals surface area contributed by atoms with Crippen LogP contribution in [0.2, 0.25) is 0 Å². The van der Waals surface area contributed by atoms with E-state index in [0.717, 1.165) is 31.2 Å². The molecule has 1 N–H and O–H groups in total. The number of carbonyl (C=O) groups excluding carboxylic acids is 1. The number of carbonyl (C=O) groups is 1. The number of hydrogen-bond acceptors (Lipinski definition) is 2. The molecule has 1 amide bonds. The van der Waals surface area contributed by atoms with Crippen molar-refractivity contribution < 1.29 is 9.90 Å². The van der Waals surface area contributed by atoms with E-state index in [1.807, 2.05) is 11.0 Å². The molecule has 3 heteroatoms. The first-order valence-electron chi connectivity index (χ1n) is 9.27. The average molecular weight is 327 g/mol. The first-order chi connectivity index (χ1) is 11.5. The zero-order chi connectivity index (χ0) is 17.2. The molecule has 130 valence electrons. The summed E-state index contributed by atoms with van der Waals surface area (Å²) >= 11 is 0. The fourth-order valence-electron chi connectivity index (χ4n) is 4.04. The van der Waals surface area contributed by atoms with Crippen molar-refractivity contribution in [1.29, 1.82) is 0 Å². The van der Waals surface area contributed by atoms with Crippen LogP contribution >= 0.6 is 0 Å². The quantitative estimate of drug-likeness (QED) is 0.853. The predicted octanol–water partition coefficient (Wildman–Crippen LogP) is 3.98. The minimum atomic E-state index is -0.522. The van der Waals surface area contributed by atoms with Crippen molar-refractivity contribution in [1.82, 2.24) is 4.90 Å². The second-order valence-electron chi connectivity index (χ2n) is 7.74. The van der Waals surface area contributed by atoms with E-state index in [1.54, 1.807) is 6.08 Å². The monoisotopic (exact) mass is 327 g/mol. The Hall–Kier alpha value is -1.61.